The third kappa shape index (κ3) is 3.85. The maximum atomic E-state index is 11.9. The maximum Gasteiger partial charge on any atom is 0.228 e. The topological polar surface area (TPSA) is 38.3 Å². The SMILES string of the molecule is COc1cccc(CC(=O)Nc2cccc(C)c2)c1. The van der Waals surface area contributed by atoms with Gasteiger partial charge in [-0.1, -0.05) is 24.3 Å². The number of methoxy groups -OCH3 is 1. The molecule has 0 aromatic heterocycles. The first-order valence-corrected chi connectivity index (χ1v) is 6.17. The Morgan fingerprint density at radius 3 is 2.68 bits per heavy atom. The highest BCUT2D eigenvalue weighted by Crippen LogP contribution is 2.14. The molecule has 19 heavy (non-hydrogen) atoms. The number of benzene rings is 2. The van der Waals surface area contributed by atoms with Gasteiger partial charge < -0.3 is 10.1 Å². The van der Waals surface area contributed by atoms with E-state index in [1.807, 2.05) is 55.5 Å². The van der Waals surface area contributed by atoms with Crippen molar-refractivity contribution in [3.8, 4) is 5.75 Å². The second-order valence-corrected chi connectivity index (χ2v) is 4.45. The number of anilines is 1. The highest BCUT2D eigenvalue weighted by molar-refractivity contribution is 5.92. The Hall–Kier alpha value is -2.29. The Morgan fingerprint density at radius 1 is 1.16 bits per heavy atom. The molecule has 0 saturated carbocycles. The monoisotopic (exact) mass is 255 g/mol. The molecular formula is C16H17NO2. The average Bonchev–Trinajstić information content (AvgIpc) is 2.38. The van der Waals surface area contributed by atoms with Gasteiger partial charge in [-0.15, -0.1) is 0 Å². The third-order valence-corrected chi connectivity index (χ3v) is 2.80. The smallest absolute Gasteiger partial charge is 0.228 e. The zero-order valence-electron chi connectivity index (χ0n) is 11.1. The number of ether oxygens (including phenoxy) is 1. The van der Waals surface area contributed by atoms with Crippen molar-refractivity contribution in [1.29, 1.82) is 0 Å². The molecule has 0 radical (unpaired) electrons. The van der Waals surface area contributed by atoms with E-state index >= 15 is 0 Å². The Kier molecular flexibility index (Phi) is 4.18. The van der Waals surface area contributed by atoms with Gasteiger partial charge in [0.2, 0.25) is 5.91 Å². The van der Waals surface area contributed by atoms with Crippen LogP contribution in [-0.2, 0) is 11.2 Å². The number of nitrogens with one attached hydrogen (secondary N) is 1. The van der Waals surface area contributed by atoms with Gasteiger partial charge in [-0.2, -0.15) is 0 Å². The van der Waals surface area contributed by atoms with Crippen LogP contribution < -0.4 is 10.1 Å². The van der Waals surface area contributed by atoms with Crippen LogP contribution in [0.2, 0.25) is 0 Å². The van der Waals surface area contributed by atoms with E-state index in [1.54, 1.807) is 7.11 Å². The summed E-state index contributed by atoms with van der Waals surface area (Å²) >= 11 is 0. The molecule has 3 heteroatoms. The zero-order chi connectivity index (χ0) is 13.7. The van der Waals surface area contributed by atoms with Crippen LogP contribution in [0.15, 0.2) is 48.5 Å². The molecule has 1 N–H and O–H groups in total. The van der Waals surface area contributed by atoms with Crippen molar-refractivity contribution >= 4 is 11.6 Å². The first kappa shape index (κ1) is 13.1. The minimum Gasteiger partial charge on any atom is -0.497 e. The van der Waals surface area contributed by atoms with Crippen molar-refractivity contribution in [2.24, 2.45) is 0 Å². The second-order valence-electron chi connectivity index (χ2n) is 4.45. The van der Waals surface area contributed by atoms with Gasteiger partial charge in [-0.25, -0.2) is 0 Å². The van der Waals surface area contributed by atoms with Crippen LogP contribution in [-0.4, -0.2) is 13.0 Å². The van der Waals surface area contributed by atoms with Crippen molar-refractivity contribution in [3.05, 3.63) is 59.7 Å². The van der Waals surface area contributed by atoms with E-state index in [0.29, 0.717) is 6.42 Å². The molecule has 1 amide bonds. The van der Waals surface area contributed by atoms with Crippen LogP contribution in [0.3, 0.4) is 0 Å². The fourth-order valence-corrected chi connectivity index (χ4v) is 1.90. The Bertz CT molecular complexity index is 578. The minimum absolute atomic E-state index is 0.0288. The molecule has 0 saturated heterocycles. The van der Waals surface area contributed by atoms with Crippen molar-refractivity contribution in [2.75, 3.05) is 12.4 Å². The van der Waals surface area contributed by atoms with Crippen molar-refractivity contribution in [3.63, 3.8) is 0 Å². The second kappa shape index (κ2) is 6.05. The van der Waals surface area contributed by atoms with Crippen LogP contribution in [0.1, 0.15) is 11.1 Å². The van der Waals surface area contributed by atoms with Crippen molar-refractivity contribution in [2.45, 2.75) is 13.3 Å². The van der Waals surface area contributed by atoms with Crippen LogP contribution in [0.5, 0.6) is 5.75 Å². The standard InChI is InChI=1S/C16H17NO2/c1-12-5-3-7-14(9-12)17-16(18)11-13-6-4-8-15(10-13)19-2/h3-10H,11H2,1-2H3,(H,17,18). The predicted octanol–water partition coefficient (Wildman–Crippen LogP) is 3.18. The van der Waals surface area contributed by atoms with Gasteiger partial charge in [0.1, 0.15) is 5.75 Å². The summed E-state index contributed by atoms with van der Waals surface area (Å²) in [4.78, 5) is 11.9. The lowest BCUT2D eigenvalue weighted by atomic mass is 10.1. The lowest BCUT2D eigenvalue weighted by molar-refractivity contribution is -0.115. The summed E-state index contributed by atoms with van der Waals surface area (Å²) in [5.41, 5.74) is 2.89. The first-order chi connectivity index (χ1) is 9.17. The summed E-state index contributed by atoms with van der Waals surface area (Å²) in [6.45, 7) is 2.00. The van der Waals surface area contributed by atoms with E-state index in [2.05, 4.69) is 5.32 Å². The van der Waals surface area contributed by atoms with E-state index < -0.39 is 0 Å². The number of carbonyl (C=O) groups is 1. The summed E-state index contributed by atoms with van der Waals surface area (Å²) in [5.74, 6) is 0.736. The van der Waals surface area contributed by atoms with E-state index in [4.69, 9.17) is 4.74 Å². The molecule has 0 heterocycles. The van der Waals surface area contributed by atoms with Crippen LogP contribution in [0.25, 0.3) is 0 Å². The van der Waals surface area contributed by atoms with E-state index in [1.165, 1.54) is 0 Å². The van der Waals surface area contributed by atoms with E-state index in [-0.39, 0.29) is 5.91 Å². The first-order valence-electron chi connectivity index (χ1n) is 6.17. The molecule has 3 nitrogen and oxygen atoms in total. The fourth-order valence-electron chi connectivity index (χ4n) is 1.90. The summed E-state index contributed by atoms with van der Waals surface area (Å²) in [6, 6.07) is 15.3. The lowest BCUT2D eigenvalue weighted by Gasteiger charge is -2.07. The van der Waals surface area contributed by atoms with Crippen molar-refractivity contribution in [1.82, 2.24) is 0 Å². The normalized spacial score (nSPS) is 10.0. The molecule has 0 aliphatic carbocycles. The minimum atomic E-state index is -0.0288. The van der Waals surface area contributed by atoms with Gasteiger partial charge in [0.25, 0.3) is 0 Å². The molecule has 0 bridgehead atoms. The number of amides is 1. The largest absolute Gasteiger partial charge is 0.497 e. The predicted molar refractivity (Wildman–Crippen MR) is 76.5 cm³/mol. The summed E-state index contributed by atoms with van der Waals surface area (Å²) in [5, 5.41) is 2.89. The Balaban J connectivity index is 2.01. The number of hydrogen-bond acceptors (Lipinski definition) is 2. The third-order valence-electron chi connectivity index (χ3n) is 2.80. The summed E-state index contributed by atoms with van der Waals surface area (Å²) in [6.07, 6.45) is 0.338. The van der Waals surface area contributed by atoms with Gasteiger partial charge in [-0.05, 0) is 42.3 Å². The van der Waals surface area contributed by atoms with Crippen LogP contribution >= 0.6 is 0 Å². The van der Waals surface area contributed by atoms with Crippen LogP contribution in [0, 0.1) is 6.92 Å². The van der Waals surface area contributed by atoms with E-state index in [0.717, 1.165) is 22.6 Å². The highest BCUT2D eigenvalue weighted by atomic mass is 16.5. The molecule has 0 spiro atoms. The molecule has 2 rings (SSSR count). The number of rotatable bonds is 4. The number of aryl methyl sites for hydroxylation is 1. The summed E-state index contributed by atoms with van der Waals surface area (Å²) < 4.78 is 5.14. The molecule has 0 unspecified atom stereocenters. The van der Waals surface area contributed by atoms with Gasteiger partial charge in [0.05, 0.1) is 13.5 Å². The van der Waals surface area contributed by atoms with Gasteiger partial charge in [0.15, 0.2) is 0 Å². The van der Waals surface area contributed by atoms with E-state index in [9.17, 15) is 4.79 Å². The molecule has 2 aromatic rings. The zero-order valence-corrected chi connectivity index (χ0v) is 11.1. The number of carbonyl (C=O) groups excluding carboxylic acids is 1. The quantitative estimate of drug-likeness (QED) is 0.911. The Morgan fingerprint density at radius 2 is 1.95 bits per heavy atom. The van der Waals surface area contributed by atoms with Gasteiger partial charge in [0, 0.05) is 5.69 Å². The number of hydrogen-bond donors (Lipinski definition) is 1. The van der Waals surface area contributed by atoms with Gasteiger partial charge in [-0.3, -0.25) is 4.79 Å². The molecule has 2 aromatic carbocycles. The lowest BCUT2D eigenvalue weighted by Crippen LogP contribution is -2.14. The van der Waals surface area contributed by atoms with Gasteiger partial charge >= 0.3 is 0 Å². The summed E-state index contributed by atoms with van der Waals surface area (Å²) in [7, 11) is 1.62. The fraction of sp³-hybridized carbons (Fsp3) is 0.188. The molecule has 0 atom stereocenters. The Labute approximate surface area is 113 Å². The average molecular weight is 255 g/mol. The highest BCUT2D eigenvalue weighted by Gasteiger charge is 2.05. The molecule has 98 valence electrons. The molecule has 0 aliphatic heterocycles. The molecule has 0 fully saturated rings. The van der Waals surface area contributed by atoms with Crippen molar-refractivity contribution < 1.29 is 9.53 Å². The molecule has 0 aliphatic rings. The molecular weight excluding hydrogens is 238 g/mol. The maximum absolute atomic E-state index is 11.9. The van der Waals surface area contributed by atoms with Crippen LogP contribution in [0.4, 0.5) is 5.69 Å².